The molecule has 0 spiro atoms. The molecule has 72 valence electrons. The van der Waals surface area contributed by atoms with E-state index in [1.807, 2.05) is 6.92 Å². The fourth-order valence-corrected chi connectivity index (χ4v) is 3.45. The highest BCUT2D eigenvalue weighted by Gasteiger charge is 2.07. The molecule has 3 heteroatoms. The molecule has 0 bridgehead atoms. The summed E-state index contributed by atoms with van der Waals surface area (Å²) in [5, 5.41) is 1.26. The summed E-state index contributed by atoms with van der Waals surface area (Å²) in [4.78, 5) is 0. The highest BCUT2D eigenvalue weighted by Crippen LogP contribution is 2.44. The van der Waals surface area contributed by atoms with Gasteiger partial charge in [-0.05, 0) is 48.4 Å². The Bertz CT molecular complexity index is 268. The van der Waals surface area contributed by atoms with Crippen molar-refractivity contribution >= 4 is 27.6 Å². The Balaban J connectivity index is 2.87. The Morgan fingerprint density at radius 3 is 2.23 bits per heavy atom. The standard InChI is InChI=1S/C10H14BrOP/c1-4-12-13(11)10-6-8(2)5-9(3)7-10/h5-7H,4H2,1-3H3. The highest BCUT2D eigenvalue weighted by molar-refractivity contribution is 9.39. The minimum absolute atomic E-state index is 0.596. The van der Waals surface area contributed by atoms with Crippen LogP contribution in [0.2, 0.25) is 0 Å². The Kier molecular flexibility index (Phi) is 4.37. The fourth-order valence-electron chi connectivity index (χ4n) is 1.24. The van der Waals surface area contributed by atoms with Gasteiger partial charge in [0.1, 0.15) is 6.85 Å². The maximum Gasteiger partial charge on any atom is 0.130 e. The number of rotatable bonds is 3. The summed E-state index contributed by atoms with van der Waals surface area (Å²) >= 11 is 3.56. The number of aryl methyl sites for hydroxylation is 2. The summed E-state index contributed by atoms with van der Waals surface area (Å²) in [6, 6.07) is 6.51. The predicted octanol–water partition coefficient (Wildman–Crippen LogP) is 3.67. The summed E-state index contributed by atoms with van der Waals surface area (Å²) < 4.78 is 5.52. The van der Waals surface area contributed by atoms with Crippen LogP contribution in [0.5, 0.6) is 0 Å². The van der Waals surface area contributed by atoms with Crippen molar-refractivity contribution in [2.24, 2.45) is 0 Å². The monoisotopic (exact) mass is 260 g/mol. The number of hydrogen-bond acceptors (Lipinski definition) is 1. The van der Waals surface area contributed by atoms with Gasteiger partial charge in [0, 0.05) is 11.9 Å². The first-order valence-corrected chi connectivity index (χ1v) is 7.58. The van der Waals surface area contributed by atoms with Gasteiger partial charge in [-0.25, -0.2) is 0 Å². The molecule has 0 saturated heterocycles. The SMILES string of the molecule is CCOP(Br)c1cc(C)cc(C)c1. The summed E-state index contributed by atoms with van der Waals surface area (Å²) in [6.45, 7) is 6.39. The van der Waals surface area contributed by atoms with Crippen molar-refractivity contribution in [3.05, 3.63) is 29.3 Å². The van der Waals surface area contributed by atoms with Crippen molar-refractivity contribution < 1.29 is 4.52 Å². The van der Waals surface area contributed by atoms with Crippen molar-refractivity contribution in [1.82, 2.24) is 0 Å². The molecular weight excluding hydrogens is 247 g/mol. The molecule has 0 heterocycles. The summed E-state index contributed by atoms with van der Waals surface area (Å²) in [6.07, 6.45) is 0. The fraction of sp³-hybridized carbons (Fsp3) is 0.400. The summed E-state index contributed by atoms with van der Waals surface area (Å²) in [5.74, 6) is 0. The lowest BCUT2D eigenvalue weighted by molar-refractivity contribution is 0.392. The first-order chi connectivity index (χ1) is 6.13. The van der Waals surface area contributed by atoms with E-state index in [9.17, 15) is 0 Å². The van der Waals surface area contributed by atoms with E-state index in [-0.39, 0.29) is 0 Å². The number of halogens is 1. The molecular formula is C10H14BrOP. The highest BCUT2D eigenvalue weighted by atomic mass is 79.9. The van der Waals surface area contributed by atoms with Crippen LogP contribution in [-0.4, -0.2) is 6.61 Å². The van der Waals surface area contributed by atoms with Crippen LogP contribution in [0.3, 0.4) is 0 Å². The molecule has 0 radical (unpaired) electrons. The van der Waals surface area contributed by atoms with E-state index in [1.165, 1.54) is 16.4 Å². The smallest absolute Gasteiger partial charge is 0.130 e. The maximum absolute atomic E-state index is 5.52. The van der Waals surface area contributed by atoms with Crippen LogP contribution in [0.25, 0.3) is 0 Å². The third kappa shape index (κ3) is 3.38. The topological polar surface area (TPSA) is 9.23 Å². The van der Waals surface area contributed by atoms with Gasteiger partial charge in [-0.2, -0.15) is 0 Å². The van der Waals surface area contributed by atoms with E-state index < -0.39 is 6.85 Å². The van der Waals surface area contributed by atoms with Gasteiger partial charge in [0.25, 0.3) is 0 Å². The molecule has 0 aliphatic heterocycles. The molecule has 0 aliphatic rings. The Morgan fingerprint density at radius 1 is 1.23 bits per heavy atom. The molecule has 1 aromatic carbocycles. The van der Waals surface area contributed by atoms with Crippen molar-refractivity contribution in [2.45, 2.75) is 20.8 Å². The quantitative estimate of drug-likeness (QED) is 0.754. The van der Waals surface area contributed by atoms with Crippen molar-refractivity contribution in [2.75, 3.05) is 6.61 Å². The Morgan fingerprint density at radius 2 is 1.77 bits per heavy atom. The number of benzene rings is 1. The number of hydrogen-bond donors (Lipinski definition) is 0. The molecule has 1 unspecified atom stereocenters. The van der Waals surface area contributed by atoms with Crippen molar-refractivity contribution in [3.8, 4) is 0 Å². The second-order valence-corrected chi connectivity index (χ2v) is 6.21. The molecule has 0 fully saturated rings. The minimum atomic E-state index is -0.596. The lowest BCUT2D eigenvalue weighted by atomic mass is 10.2. The van der Waals surface area contributed by atoms with Crippen LogP contribution in [0.1, 0.15) is 18.1 Å². The third-order valence-corrected chi connectivity index (χ3v) is 4.64. The van der Waals surface area contributed by atoms with E-state index in [0.717, 1.165) is 6.61 Å². The van der Waals surface area contributed by atoms with Gasteiger partial charge < -0.3 is 4.52 Å². The molecule has 1 atom stereocenters. The zero-order chi connectivity index (χ0) is 9.84. The van der Waals surface area contributed by atoms with E-state index in [1.54, 1.807) is 0 Å². The Labute approximate surface area is 89.1 Å². The van der Waals surface area contributed by atoms with Crippen LogP contribution in [0, 0.1) is 13.8 Å². The third-order valence-electron chi connectivity index (χ3n) is 1.65. The molecule has 0 aliphatic carbocycles. The van der Waals surface area contributed by atoms with Crippen LogP contribution < -0.4 is 5.30 Å². The van der Waals surface area contributed by atoms with Gasteiger partial charge in [-0.3, -0.25) is 0 Å². The Hall–Kier alpha value is 0.0900. The predicted molar refractivity (Wildman–Crippen MR) is 63.0 cm³/mol. The molecule has 1 nitrogen and oxygen atoms in total. The molecule has 0 N–H and O–H groups in total. The normalized spacial score (nSPS) is 12.9. The summed E-state index contributed by atoms with van der Waals surface area (Å²) in [5.41, 5.74) is 2.59. The first kappa shape index (κ1) is 11.2. The van der Waals surface area contributed by atoms with E-state index >= 15 is 0 Å². The van der Waals surface area contributed by atoms with E-state index in [0.29, 0.717) is 0 Å². The second-order valence-electron chi connectivity index (χ2n) is 3.01. The zero-order valence-corrected chi connectivity index (χ0v) is 10.7. The average molecular weight is 261 g/mol. The van der Waals surface area contributed by atoms with Gasteiger partial charge >= 0.3 is 0 Å². The van der Waals surface area contributed by atoms with Gasteiger partial charge in [-0.15, -0.1) is 0 Å². The molecule has 0 saturated carbocycles. The second kappa shape index (κ2) is 5.09. The lowest BCUT2D eigenvalue weighted by Gasteiger charge is -2.10. The first-order valence-electron chi connectivity index (χ1n) is 4.30. The van der Waals surface area contributed by atoms with Gasteiger partial charge in [0.15, 0.2) is 0 Å². The van der Waals surface area contributed by atoms with Gasteiger partial charge in [-0.1, -0.05) is 17.2 Å². The van der Waals surface area contributed by atoms with Gasteiger partial charge in [0.2, 0.25) is 0 Å². The van der Waals surface area contributed by atoms with Crippen LogP contribution in [0.4, 0.5) is 0 Å². The van der Waals surface area contributed by atoms with E-state index in [4.69, 9.17) is 4.52 Å². The molecule has 0 aromatic heterocycles. The van der Waals surface area contributed by atoms with Crippen LogP contribution >= 0.6 is 22.3 Å². The van der Waals surface area contributed by atoms with Crippen molar-refractivity contribution in [1.29, 1.82) is 0 Å². The molecule has 1 rings (SSSR count). The van der Waals surface area contributed by atoms with Crippen LogP contribution in [-0.2, 0) is 4.52 Å². The largest absolute Gasteiger partial charge is 0.343 e. The van der Waals surface area contributed by atoms with Crippen molar-refractivity contribution in [3.63, 3.8) is 0 Å². The minimum Gasteiger partial charge on any atom is -0.343 e. The zero-order valence-electron chi connectivity index (χ0n) is 8.17. The molecule has 0 amide bonds. The summed E-state index contributed by atoms with van der Waals surface area (Å²) in [7, 11) is 0. The van der Waals surface area contributed by atoms with Crippen LogP contribution in [0.15, 0.2) is 18.2 Å². The van der Waals surface area contributed by atoms with Gasteiger partial charge in [0.05, 0.1) is 0 Å². The van der Waals surface area contributed by atoms with E-state index in [2.05, 4.69) is 47.5 Å². The molecule has 1 aromatic rings. The lowest BCUT2D eigenvalue weighted by Crippen LogP contribution is -2.01. The maximum atomic E-state index is 5.52. The average Bonchev–Trinajstić information content (AvgIpc) is 2.03. The molecule has 13 heavy (non-hydrogen) atoms.